The first kappa shape index (κ1) is 25.0. The standard InChI is InChI=1S/C23H28F2N8O4/c1-13-19(37-16-5-3-4-15(8-16)21(34)35)7-6-17(26-13)20-18(32(2)30-27-20)11-33-29-22(28-31-33)36-12-14-9-23(24,25)10-14/h6-7,14-16H,3-5,8-12H2,1-2H3,(H,34,35)/t15-,16+/m1/s1. The molecule has 0 saturated heterocycles. The Balaban J connectivity index is 1.24. The van der Waals surface area contributed by atoms with Crippen LogP contribution in [-0.4, -0.2) is 69.9 Å². The summed E-state index contributed by atoms with van der Waals surface area (Å²) >= 11 is 0. The quantitative estimate of drug-likeness (QED) is 0.449. The van der Waals surface area contributed by atoms with Crippen molar-refractivity contribution < 1.29 is 28.2 Å². The third-order valence-electron chi connectivity index (χ3n) is 6.84. The van der Waals surface area contributed by atoms with E-state index in [4.69, 9.17) is 9.47 Å². The van der Waals surface area contributed by atoms with Crippen LogP contribution in [0.2, 0.25) is 0 Å². The highest BCUT2D eigenvalue weighted by molar-refractivity contribution is 5.70. The molecular formula is C23H28F2N8O4. The van der Waals surface area contributed by atoms with E-state index in [2.05, 4.69) is 30.7 Å². The zero-order chi connectivity index (χ0) is 26.2. The number of tetrazole rings is 1. The van der Waals surface area contributed by atoms with Crippen molar-refractivity contribution in [3.8, 4) is 23.1 Å². The summed E-state index contributed by atoms with van der Waals surface area (Å²) < 4.78 is 39.1. The molecule has 2 aliphatic rings. The largest absolute Gasteiger partial charge is 0.489 e. The minimum atomic E-state index is -2.60. The van der Waals surface area contributed by atoms with Gasteiger partial charge in [-0.3, -0.25) is 4.79 Å². The topological polar surface area (TPSA) is 143 Å². The van der Waals surface area contributed by atoms with E-state index >= 15 is 0 Å². The van der Waals surface area contributed by atoms with Gasteiger partial charge in [-0.25, -0.2) is 18.4 Å². The smallest absolute Gasteiger partial charge is 0.356 e. The number of pyridine rings is 1. The van der Waals surface area contributed by atoms with Crippen LogP contribution in [0, 0.1) is 18.8 Å². The van der Waals surface area contributed by atoms with Crippen LogP contribution in [0.5, 0.6) is 11.8 Å². The van der Waals surface area contributed by atoms with Gasteiger partial charge in [0.1, 0.15) is 18.0 Å². The van der Waals surface area contributed by atoms with Gasteiger partial charge in [0.2, 0.25) is 5.92 Å². The van der Waals surface area contributed by atoms with Crippen LogP contribution in [0.25, 0.3) is 11.4 Å². The van der Waals surface area contributed by atoms with E-state index in [0.29, 0.717) is 41.4 Å². The summed E-state index contributed by atoms with van der Waals surface area (Å²) in [6, 6.07) is 3.62. The molecular weight excluding hydrogens is 490 g/mol. The fourth-order valence-electron chi connectivity index (χ4n) is 4.80. The van der Waals surface area contributed by atoms with Crippen molar-refractivity contribution in [3.05, 3.63) is 23.5 Å². The molecule has 3 aromatic rings. The molecule has 0 unspecified atom stereocenters. The first-order valence-corrected chi connectivity index (χ1v) is 12.2. The second kappa shape index (κ2) is 9.98. The van der Waals surface area contributed by atoms with Gasteiger partial charge in [0.15, 0.2) is 0 Å². The number of nitrogens with zero attached hydrogens (tertiary/aromatic N) is 8. The van der Waals surface area contributed by atoms with Crippen LogP contribution >= 0.6 is 0 Å². The molecule has 14 heteroatoms. The van der Waals surface area contributed by atoms with E-state index in [1.54, 1.807) is 17.8 Å². The number of ether oxygens (including phenoxy) is 2. The van der Waals surface area contributed by atoms with Gasteiger partial charge >= 0.3 is 12.0 Å². The second-order valence-electron chi connectivity index (χ2n) is 9.77. The number of aryl methyl sites for hydroxylation is 2. The Morgan fingerprint density at radius 3 is 2.76 bits per heavy atom. The number of hydrogen-bond acceptors (Lipinski definition) is 9. The zero-order valence-electron chi connectivity index (χ0n) is 20.5. The first-order valence-electron chi connectivity index (χ1n) is 12.2. The van der Waals surface area contributed by atoms with Gasteiger partial charge in [-0.15, -0.1) is 5.10 Å². The van der Waals surface area contributed by atoms with Crippen molar-refractivity contribution in [3.63, 3.8) is 0 Å². The van der Waals surface area contributed by atoms with Crippen LogP contribution in [0.4, 0.5) is 8.78 Å². The summed E-state index contributed by atoms with van der Waals surface area (Å²) in [4.78, 5) is 17.3. The maximum atomic E-state index is 13.0. The molecule has 0 spiro atoms. The van der Waals surface area contributed by atoms with Crippen molar-refractivity contribution in [2.24, 2.45) is 18.9 Å². The van der Waals surface area contributed by atoms with Crippen LogP contribution in [0.3, 0.4) is 0 Å². The molecule has 0 aliphatic heterocycles. The van der Waals surface area contributed by atoms with Crippen LogP contribution in [0.15, 0.2) is 12.1 Å². The summed E-state index contributed by atoms with van der Waals surface area (Å²) in [6.45, 7) is 2.14. The van der Waals surface area contributed by atoms with E-state index in [0.717, 1.165) is 12.8 Å². The zero-order valence-corrected chi connectivity index (χ0v) is 20.5. The monoisotopic (exact) mass is 518 g/mol. The molecule has 3 aromatic heterocycles. The summed E-state index contributed by atoms with van der Waals surface area (Å²) in [5.41, 5.74) is 2.46. The number of carbonyl (C=O) groups is 1. The third kappa shape index (κ3) is 5.67. The Morgan fingerprint density at radius 1 is 1.22 bits per heavy atom. The van der Waals surface area contributed by atoms with Crippen LogP contribution < -0.4 is 9.47 Å². The highest BCUT2D eigenvalue weighted by Crippen LogP contribution is 2.42. The lowest BCUT2D eigenvalue weighted by Crippen LogP contribution is -2.38. The minimum Gasteiger partial charge on any atom is -0.489 e. The van der Waals surface area contributed by atoms with Gasteiger partial charge < -0.3 is 14.6 Å². The van der Waals surface area contributed by atoms with Gasteiger partial charge in [-0.2, -0.15) is 4.80 Å². The molecule has 5 rings (SSSR count). The predicted molar refractivity (Wildman–Crippen MR) is 123 cm³/mol. The molecule has 0 aromatic carbocycles. The van der Waals surface area contributed by atoms with Gasteiger partial charge in [-0.1, -0.05) is 15.4 Å². The predicted octanol–water partition coefficient (Wildman–Crippen LogP) is 2.67. The number of hydrogen-bond donors (Lipinski definition) is 1. The molecule has 37 heavy (non-hydrogen) atoms. The molecule has 198 valence electrons. The van der Waals surface area contributed by atoms with E-state index in [1.807, 2.05) is 13.0 Å². The minimum absolute atomic E-state index is 0.0233. The average molecular weight is 519 g/mol. The molecule has 0 bridgehead atoms. The third-order valence-corrected chi connectivity index (χ3v) is 6.84. The highest BCUT2D eigenvalue weighted by Gasteiger charge is 2.45. The number of halogens is 2. The molecule has 12 nitrogen and oxygen atoms in total. The summed E-state index contributed by atoms with van der Waals surface area (Å²) in [6.07, 6.45) is 2.24. The Bertz CT molecular complexity index is 1270. The lowest BCUT2D eigenvalue weighted by Gasteiger charge is -2.34. The maximum absolute atomic E-state index is 13.0. The molecule has 2 fully saturated rings. The SMILES string of the molecule is Cc1nc(-c2nnn(C)c2Cn2nnc(OCC3CC(F)(F)C3)n2)ccc1O[C@H]1CCC[C@@H](C(=O)O)C1. The van der Waals surface area contributed by atoms with E-state index in [1.165, 1.54) is 4.80 Å². The number of alkyl halides is 2. The van der Waals surface area contributed by atoms with Gasteiger partial charge in [-0.05, 0) is 50.0 Å². The molecule has 2 atom stereocenters. The van der Waals surface area contributed by atoms with Crippen molar-refractivity contribution >= 4 is 5.97 Å². The Hall–Kier alpha value is -3.71. The Kier molecular flexibility index (Phi) is 6.73. The number of rotatable bonds is 9. The van der Waals surface area contributed by atoms with Gasteiger partial charge in [0.05, 0.1) is 35.7 Å². The summed E-state index contributed by atoms with van der Waals surface area (Å²) in [5, 5.41) is 29.7. The molecule has 0 amide bonds. The number of carboxylic acid groups (broad SMARTS) is 1. The average Bonchev–Trinajstić information content (AvgIpc) is 3.44. The van der Waals surface area contributed by atoms with Crippen molar-refractivity contribution in [1.29, 1.82) is 0 Å². The maximum Gasteiger partial charge on any atom is 0.356 e. The van der Waals surface area contributed by atoms with Gasteiger partial charge in [0, 0.05) is 25.8 Å². The first-order chi connectivity index (χ1) is 17.7. The normalized spacial score (nSPS) is 21.4. The highest BCUT2D eigenvalue weighted by atomic mass is 19.3. The lowest BCUT2D eigenvalue weighted by molar-refractivity contribution is -0.143. The van der Waals surface area contributed by atoms with Crippen molar-refractivity contribution in [2.45, 2.75) is 64.0 Å². The van der Waals surface area contributed by atoms with E-state index in [-0.39, 0.29) is 49.9 Å². The van der Waals surface area contributed by atoms with Crippen molar-refractivity contribution in [1.82, 2.24) is 40.2 Å². The number of aliphatic carboxylic acids is 1. The fourth-order valence-corrected chi connectivity index (χ4v) is 4.80. The van der Waals surface area contributed by atoms with E-state index < -0.39 is 11.9 Å². The number of carboxylic acids is 1. The second-order valence-corrected chi connectivity index (χ2v) is 9.77. The van der Waals surface area contributed by atoms with Crippen molar-refractivity contribution in [2.75, 3.05) is 6.61 Å². The summed E-state index contributed by atoms with van der Waals surface area (Å²) in [7, 11) is 1.74. The molecule has 3 heterocycles. The van der Waals surface area contributed by atoms with E-state index in [9.17, 15) is 18.7 Å². The Morgan fingerprint density at radius 2 is 2.03 bits per heavy atom. The molecule has 2 saturated carbocycles. The molecule has 2 aliphatic carbocycles. The summed E-state index contributed by atoms with van der Waals surface area (Å²) in [5.74, 6) is -3.37. The molecule has 1 N–H and O–H groups in total. The fraction of sp³-hybridized carbons (Fsp3) is 0.609. The van der Waals surface area contributed by atoms with Crippen LogP contribution in [-0.2, 0) is 18.4 Å². The van der Waals surface area contributed by atoms with Crippen LogP contribution in [0.1, 0.15) is 49.9 Å². The lowest BCUT2D eigenvalue weighted by atomic mass is 9.82. The number of aromatic nitrogens is 8. The van der Waals surface area contributed by atoms with Gasteiger partial charge in [0.25, 0.3) is 0 Å². The Labute approximate surface area is 211 Å². The molecule has 0 radical (unpaired) electrons.